The molecular formula is C15H19N3O2. The van der Waals surface area contributed by atoms with Crippen LogP contribution < -0.4 is 5.73 Å². The normalized spacial score (nSPS) is 13.2. The zero-order valence-electron chi connectivity index (χ0n) is 11.9. The van der Waals surface area contributed by atoms with E-state index < -0.39 is 17.4 Å². The second-order valence-electron chi connectivity index (χ2n) is 5.44. The Morgan fingerprint density at radius 2 is 1.95 bits per heavy atom. The van der Waals surface area contributed by atoms with Crippen LogP contribution in [0.15, 0.2) is 36.4 Å². The van der Waals surface area contributed by atoms with Gasteiger partial charge in [-0.05, 0) is 6.07 Å². The summed E-state index contributed by atoms with van der Waals surface area (Å²) in [6.45, 7) is 3.63. The lowest BCUT2D eigenvalue weighted by Crippen LogP contribution is -2.47. The highest BCUT2D eigenvalue weighted by atomic mass is 16.4. The maximum absolute atomic E-state index is 11.2. The third-order valence-electron chi connectivity index (χ3n) is 3.65. The number of carbonyl (C=O) groups is 1. The van der Waals surface area contributed by atoms with Gasteiger partial charge in [0.2, 0.25) is 0 Å². The van der Waals surface area contributed by atoms with Gasteiger partial charge >= 0.3 is 5.97 Å². The quantitative estimate of drug-likeness (QED) is 0.889. The van der Waals surface area contributed by atoms with Crippen molar-refractivity contribution in [3.8, 4) is 11.3 Å². The molecule has 20 heavy (non-hydrogen) atoms. The predicted octanol–water partition coefficient (Wildman–Crippen LogP) is 1.78. The van der Waals surface area contributed by atoms with Gasteiger partial charge in [-0.2, -0.15) is 5.10 Å². The molecule has 2 aromatic rings. The van der Waals surface area contributed by atoms with E-state index in [2.05, 4.69) is 5.10 Å². The smallest absolute Gasteiger partial charge is 0.321 e. The van der Waals surface area contributed by atoms with Gasteiger partial charge in [0.15, 0.2) is 0 Å². The number of nitrogens with two attached hydrogens (primary N) is 1. The number of hydrogen-bond donors (Lipinski definition) is 2. The average Bonchev–Trinajstić information content (AvgIpc) is 2.81. The molecular weight excluding hydrogens is 254 g/mol. The summed E-state index contributed by atoms with van der Waals surface area (Å²) in [6, 6.07) is 10.7. The van der Waals surface area contributed by atoms with Gasteiger partial charge in [-0.25, -0.2) is 0 Å². The molecule has 0 aliphatic carbocycles. The highest BCUT2D eigenvalue weighted by molar-refractivity contribution is 5.75. The molecule has 5 heteroatoms. The number of benzene rings is 1. The van der Waals surface area contributed by atoms with Crippen molar-refractivity contribution in [3.05, 3.63) is 42.1 Å². The molecule has 1 heterocycles. The van der Waals surface area contributed by atoms with Gasteiger partial charge in [0.25, 0.3) is 0 Å². The minimum absolute atomic E-state index is 0.708. The molecule has 0 radical (unpaired) electrons. The lowest BCUT2D eigenvalue weighted by atomic mass is 9.81. The van der Waals surface area contributed by atoms with E-state index in [9.17, 15) is 4.79 Å². The van der Waals surface area contributed by atoms with Crippen molar-refractivity contribution in [1.29, 1.82) is 0 Å². The lowest BCUT2D eigenvalue weighted by Gasteiger charge is -2.28. The zero-order chi connectivity index (χ0) is 14.9. The molecule has 1 unspecified atom stereocenters. The number of hydrogen-bond acceptors (Lipinski definition) is 3. The average molecular weight is 273 g/mol. The van der Waals surface area contributed by atoms with Gasteiger partial charge in [-0.3, -0.25) is 9.48 Å². The molecule has 1 atom stereocenters. The Hall–Kier alpha value is -2.14. The van der Waals surface area contributed by atoms with Crippen molar-refractivity contribution in [2.24, 2.45) is 12.8 Å². The summed E-state index contributed by atoms with van der Waals surface area (Å²) in [5.74, 6) is -1.02. The van der Waals surface area contributed by atoms with Crippen molar-refractivity contribution in [1.82, 2.24) is 9.78 Å². The highest BCUT2D eigenvalue weighted by Crippen LogP contribution is 2.29. The molecule has 0 saturated heterocycles. The predicted molar refractivity (Wildman–Crippen MR) is 77.3 cm³/mol. The van der Waals surface area contributed by atoms with Crippen LogP contribution in [0.3, 0.4) is 0 Å². The maximum atomic E-state index is 11.2. The molecule has 0 saturated carbocycles. The molecule has 106 valence electrons. The number of carboxylic acids is 1. The van der Waals surface area contributed by atoms with Crippen molar-refractivity contribution < 1.29 is 9.90 Å². The van der Waals surface area contributed by atoms with Crippen LogP contribution in [0.25, 0.3) is 11.3 Å². The van der Waals surface area contributed by atoms with E-state index in [1.807, 2.05) is 50.2 Å². The first-order valence-corrected chi connectivity index (χ1v) is 6.42. The number of aryl methyl sites for hydroxylation is 1. The van der Waals surface area contributed by atoms with E-state index in [4.69, 9.17) is 10.8 Å². The molecule has 3 N–H and O–H groups in total. The van der Waals surface area contributed by atoms with Gasteiger partial charge in [0.1, 0.15) is 6.04 Å². The molecule has 5 nitrogen and oxygen atoms in total. The van der Waals surface area contributed by atoms with Gasteiger partial charge in [-0.1, -0.05) is 44.2 Å². The van der Waals surface area contributed by atoms with Gasteiger partial charge < -0.3 is 10.8 Å². The summed E-state index contributed by atoms with van der Waals surface area (Å²) >= 11 is 0. The molecule has 1 aromatic carbocycles. The van der Waals surface area contributed by atoms with E-state index in [-0.39, 0.29) is 0 Å². The second kappa shape index (κ2) is 5.09. The first kappa shape index (κ1) is 14.3. The van der Waals surface area contributed by atoms with Crippen LogP contribution in [0.2, 0.25) is 0 Å². The van der Waals surface area contributed by atoms with Crippen LogP contribution in [0.5, 0.6) is 0 Å². The Balaban J connectivity index is 2.45. The number of carboxylic acid groups (broad SMARTS) is 1. The summed E-state index contributed by atoms with van der Waals surface area (Å²) in [5, 5.41) is 13.6. The first-order valence-electron chi connectivity index (χ1n) is 6.42. The number of rotatable bonds is 4. The van der Waals surface area contributed by atoms with Crippen molar-refractivity contribution in [3.63, 3.8) is 0 Å². The molecule has 0 fully saturated rings. The Kier molecular flexibility index (Phi) is 3.63. The summed E-state index contributed by atoms with van der Waals surface area (Å²) < 4.78 is 1.70. The van der Waals surface area contributed by atoms with E-state index in [1.165, 1.54) is 0 Å². The SMILES string of the molecule is Cn1nc(-c2ccccc2)cc1C(C)(C)C(N)C(=O)O. The molecule has 1 aromatic heterocycles. The summed E-state index contributed by atoms with van der Waals surface area (Å²) in [4.78, 5) is 11.2. The van der Waals surface area contributed by atoms with Crippen LogP contribution in [0.4, 0.5) is 0 Å². The summed E-state index contributed by atoms with van der Waals surface area (Å²) in [6.07, 6.45) is 0. The fourth-order valence-electron chi connectivity index (χ4n) is 2.29. The highest BCUT2D eigenvalue weighted by Gasteiger charge is 2.36. The number of nitrogens with zero attached hydrogens (tertiary/aromatic N) is 2. The molecule has 0 bridgehead atoms. The topological polar surface area (TPSA) is 81.1 Å². The summed E-state index contributed by atoms with van der Waals surface area (Å²) in [7, 11) is 1.80. The maximum Gasteiger partial charge on any atom is 0.321 e. The van der Waals surface area contributed by atoms with Gasteiger partial charge in [0, 0.05) is 23.7 Å². The first-order chi connectivity index (χ1) is 9.34. The molecule has 0 amide bonds. The largest absolute Gasteiger partial charge is 0.480 e. The van der Waals surface area contributed by atoms with Gasteiger partial charge in [-0.15, -0.1) is 0 Å². The third-order valence-corrected chi connectivity index (χ3v) is 3.65. The van der Waals surface area contributed by atoms with E-state index in [0.717, 1.165) is 17.0 Å². The van der Waals surface area contributed by atoms with Crippen molar-refractivity contribution >= 4 is 5.97 Å². The minimum Gasteiger partial charge on any atom is -0.480 e. The van der Waals surface area contributed by atoms with E-state index in [0.29, 0.717) is 0 Å². The second-order valence-corrected chi connectivity index (χ2v) is 5.44. The molecule has 0 aliphatic rings. The van der Waals surface area contributed by atoms with Crippen LogP contribution in [-0.2, 0) is 17.3 Å². The van der Waals surface area contributed by atoms with Crippen molar-refractivity contribution in [2.45, 2.75) is 25.3 Å². The van der Waals surface area contributed by atoms with E-state index >= 15 is 0 Å². The Labute approximate surface area is 118 Å². The van der Waals surface area contributed by atoms with Crippen LogP contribution >= 0.6 is 0 Å². The molecule has 0 spiro atoms. The molecule has 2 rings (SSSR count). The number of aromatic nitrogens is 2. The number of aliphatic carboxylic acids is 1. The Bertz CT molecular complexity index is 617. The molecule has 0 aliphatic heterocycles. The Morgan fingerprint density at radius 3 is 2.50 bits per heavy atom. The van der Waals surface area contributed by atoms with E-state index in [1.54, 1.807) is 11.7 Å². The standard InChI is InChI=1S/C15H19N3O2/c1-15(2,13(16)14(19)20)12-9-11(17-18(12)3)10-7-5-4-6-8-10/h4-9,13H,16H2,1-3H3,(H,19,20). The van der Waals surface area contributed by atoms with Crippen LogP contribution in [0.1, 0.15) is 19.5 Å². The minimum atomic E-state index is -1.02. The summed E-state index contributed by atoms with van der Waals surface area (Å²) in [5.41, 5.74) is 7.70. The van der Waals surface area contributed by atoms with Gasteiger partial charge in [0.05, 0.1) is 5.69 Å². The zero-order valence-corrected chi connectivity index (χ0v) is 11.9. The Morgan fingerprint density at radius 1 is 1.35 bits per heavy atom. The monoisotopic (exact) mass is 273 g/mol. The van der Waals surface area contributed by atoms with Crippen LogP contribution in [0, 0.1) is 0 Å². The van der Waals surface area contributed by atoms with Crippen LogP contribution in [-0.4, -0.2) is 26.9 Å². The fraction of sp³-hybridized carbons (Fsp3) is 0.333. The van der Waals surface area contributed by atoms with Crippen molar-refractivity contribution in [2.75, 3.05) is 0 Å². The fourth-order valence-corrected chi connectivity index (χ4v) is 2.29. The third kappa shape index (κ3) is 2.44. The lowest BCUT2D eigenvalue weighted by molar-refractivity contribution is -0.140.